The number of nitrogens with one attached hydrogen (secondary N) is 1. The highest BCUT2D eigenvalue weighted by Gasteiger charge is 2.27. The predicted molar refractivity (Wildman–Crippen MR) is 170 cm³/mol. The van der Waals surface area contributed by atoms with Gasteiger partial charge in [0.25, 0.3) is 0 Å². The van der Waals surface area contributed by atoms with Gasteiger partial charge in [-0.3, -0.25) is 14.6 Å². The number of ether oxygens (including phenoxy) is 2. The van der Waals surface area contributed by atoms with E-state index in [-0.39, 0.29) is 36.4 Å². The van der Waals surface area contributed by atoms with Crippen molar-refractivity contribution in [3.8, 4) is 22.1 Å². The molecule has 242 valence electrons. The summed E-state index contributed by atoms with van der Waals surface area (Å²) in [5.41, 5.74) is 1.31. The maximum Gasteiger partial charge on any atom is 0.407 e. The molecule has 0 atom stereocenters. The summed E-state index contributed by atoms with van der Waals surface area (Å²) in [5.74, 6) is 0.533. The second-order valence-electron chi connectivity index (χ2n) is 13.0. The lowest BCUT2D eigenvalue weighted by Crippen LogP contribution is -2.48. The number of amides is 2. The number of nitrogens with zero attached hydrogens (tertiary/aromatic N) is 5. The van der Waals surface area contributed by atoms with E-state index in [1.807, 2.05) is 26.8 Å². The van der Waals surface area contributed by atoms with Crippen molar-refractivity contribution in [1.29, 1.82) is 0 Å². The number of likely N-dealkylation sites (tertiary alicyclic amines) is 1. The van der Waals surface area contributed by atoms with Crippen LogP contribution in [-0.4, -0.2) is 67.4 Å². The molecule has 46 heavy (non-hydrogen) atoms. The molecule has 0 radical (unpaired) electrons. The number of fused-ring (bicyclic) bond motifs is 1. The van der Waals surface area contributed by atoms with Gasteiger partial charge in [0.15, 0.2) is 11.6 Å². The van der Waals surface area contributed by atoms with Gasteiger partial charge in [-0.25, -0.2) is 13.9 Å². The van der Waals surface area contributed by atoms with E-state index >= 15 is 0 Å². The van der Waals surface area contributed by atoms with Crippen molar-refractivity contribution in [2.45, 2.75) is 77.5 Å². The van der Waals surface area contributed by atoms with Gasteiger partial charge in [-0.15, -0.1) is 16.4 Å². The first-order valence-corrected chi connectivity index (χ1v) is 16.3. The van der Waals surface area contributed by atoms with Crippen LogP contribution >= 0.6 is 11.3 Å². The van der Waals surface area contributed by atoms with Crippen LogP contribution in [-0.2, 0) is 27.3 Å². The Hall–Kier alpha value is -4.39. The normalized spacial score (nSPS) is 15.6. The molecular formula is C33H37FN6O5S. The van der Waals surface area contributed by atoms with Crippen molar-refractivity contribution < 1.29 is 28.2 Å². The van der Waals surface area contributed by atoms with Gasteiger partial charge < -0.3 is 19.7 Å². The molecule has 0 bridgehead atoms. The maximum absolute atomic E-state index is 15.0. The summed E-state index contributed by atoms with van der Waals surface area (Å²) in [6.07, 6.45) is 7.14. The fourth-order valence-corrected chi connectivity index (χ4v) is 6.41. The lowest BCUT2D eigenvalue weighted by Gasteiger charge is -2.32. The number of alkyl carbamates (subject to hydrolysis) is 1. The van der Waals surface area contributed by atoms with Crippen LogP contribution in [0.5, 0.6) is 11.5 Å². The van der Waals surface area contributed by atoms with Gasteiger partial charge in [-0.2, -0.15) is 0 Å². The number of carbonyl (C=O) groups excluding carboxylic acids is 3. The molecule has 2 amide bonds. The summed E-state index contributed by atoms with van der Waals surface area (Å²) in [7, 11) is 0. The van der Waals surface area contributed by atoms with Crippen LogP contribution in [0.2, 0.25) is 0 Å². The number of halogens is 1. The molecule has 0 unspecified atom stereocenters. The molecular weight excluding hydrogens is 611 g/mol. The minimum atomic E-state index is -0.565. The summed E-state index contributed by atoms with van der Waals surface area (Å²) in [6.45, 7) is 6.53. The largest absolute Gasteiger partial charge is 0.453 e. The third-order valence-electron chi connectivity index (χ3n) is 7.86. The standard InChI is InChI=1S/C33H37FN6O5S/c1-33(2,3)45-32(43)36-22-9-12-39(13-10-22)30(42)19-40-18-26(37-38-40)29-17-25-31(46-29)28(8-11-35-25)44-27-7-6-21(16-24(27)34)15-23(41)14-20-4-5-20/h6-8,11,16-18,20,22H,4-5,9-10,12-15,19H2,1-3H3,(H,36,43). The molecule has 2 aliphatic rings. The number of ketones is 1. The summed E-state index contributed by atoms with van der Waals surface area (Å²) >= 11 is 1.38. The number of Topliss-reactive ketones (excluding diaryl/α,β-unsaturated/α-hetero) is 1. The Balaban J connectivity index is 1.06. The van der Waals surface area contributed by atoms with E-state index in [0.29, 0.717) is 65.5 Å². The molecule has 13 heteroatoms. The van der Waals surface area contributed by atoms with Crippen LogP contribution in [0.15, 0.2) is 42.7 Å². The summed E-state index contributed by atoms with van der Waals surface area (Å²) in [4.78, 5) is 44.2. The average Bonchev–Trinajstić information content (AvgIpc) is 3.48. The van der Waals surface area contributed by atoms with Gasteiger partial charge in [0, 0.05) is 44.2 Å². The van der Waals surface area contributed by atoms with Crippen molar-refractivity contribution in [3.05, 3.63) is 54.1 Å². The zero-order valence-electron chi connectivity index (χ0n) is 26.1. The molecule has 1 saturated carbocycles. The fourth-order valence-electron chi connectivity index (χ4n) is 5.40. The second-order valence-corrected chi connectivity index (χ2v) is 14.0. The molecule has 2 fully saturated rings. The molecule has 11 nitrogen and oxygen atoms in total. The average molecular weight is 649 g/mol. The van der Waals surface area contributed by atoms with Crippen LogP contribution in [0.4, 0.5) is 9.18 Å². The second kappa shape index (κ2) is 13.1. The van der Waals surface area contributed by atoms with Crippen LogP contribution < -0.4 is 10.1 Å². The molecule has 1 saturated heterocycles. The zero-order chi connectivity index (χ0) is 32.4. The monoisotopic (exact) mass is 648 g/mol. The fraction of sp³-hybridized carbons (Fsp3) is 0.455. The van der Waals surface area contributed by atoms with Crippen LogP contribution in [0.3, 0.4) is 0 Å². The lowest BCUT2D eigenvalue weighted by molar-refractivity contribution is -0.133. The van der Waals surface area contributed by atoms with E-state index in [1.54, 1.807) is 35.5 Å². The van der Waals surface area contributed by atoms with Crippen molar-refractivity contribution in [2.75, 3.05) is 13.1 Å². The van der Waals surface area contributed by atoms with E-state index in [9.17, 15) is 18.8 Å². The third-order valence-corrected chi connectivity index (χ3v) is 9.02. The Labute approximate surface area is 270 Å². The Kier molecular flexibility index (Phi) is 9.03. The van der Waals surface area contributed by atoms with Crippen molar-refractivity contribution >= 4 is 39.3 Å². The Bertz CT molecular complexity index is 1750. The molecule has 1 aliphatic carbocycles. The van der Waals surface area contributed by atoms with Gasteiger partial charge in [-0.05, 0) is 76.1 Å². The van der Waals surface area contributed by atoms with Gasteiger partial charge in [-0.1, -0.05) is 11.3 Å². The predicted octanol–water partition coefficient (Wildman–Crippen LogP) is 5.91. The number of hydrogen-bond acceptors (Lipinski definition) is 9. The smallest absolute Gasteiger partial charge is 0.407 e. The highest BCUT2D eigenvalue weighted by Crippen LogP contribution is 2.39. The Morgan fingerprint density at radius 3 is 2.57 bits per heavy atom. The summed E-state index contributed by atoms with van der Waals surface area (Å²) < 4.78 is 28.5. The summed E-state index contributed by atoms with van der Waals surface area (Å²) in [6, 6.07) is 8.13. The SMILES string of the molecule is CC(C)(C)OC(=O)NC1CCN(C(=O)Cn2cc(-c3cc4nccc(Oc5ccc(CC(=O)CC6CC6)cc5F)c4s3)nn2)CC1. The number of carbonyl (C=O) groups is 3. The van der Waals surface area contributed by atoms with E-state index in [2.05, 4.69) is 20.6 Å². The van der Waals surface area contributed by atoms with Gasteiger partial charge in [0.05, 0.1) is 21.3 Å². The Morgan fingerprint density at radius 1 is 1.07 bits per heavy atom. The molecule has 3 aromatic heterocycles. The first kappa shape index (κ1) is 31.6. The number of piperidine rings is 1. The van der Waals surface area contributed by atoms with E-state index in [0.717, 1.165) is 17.7 Å². The first-order valence-electron chi connectivity index (χ1n) is 15.5. The van der Waals surface area contributed by atoms with Crippen LogP contribution in [0.1, 0.15) is 58.4 Å². The minimum absolute atomic E-state index is 0.0378. The number of pyridine rings is 1. The quantitative estimate of drug-likeness (QED) is 0.225. The number of hydrogen-bond donors (Lipinski definition) is 1. The molecule has 1 aliphatic heterocycles. The van der Waals surface area contributed by atoms with Crippen molar-refractivity contribution in [2.24, 2.45) is 5.92 Å². The first-order chi connectivity index (χ1) is 22.0. The molecule has 0 spiro atoms. The molecule has 1 N–H and O–H groups in total. The van der Waals surface area contributed by atoms with Gasteiger partial charge >= 0.3 is 6.09 Å². The highest BCUT2D eigenvalue weighted by molar-refractivity contribution is 7.22. The van der Waals surface area contributed by atoms with E-state index in [1.165, 1.54) is 22.1 Å². The molecule has 1 aromatic carbocycles. The van der Waals surface area contributed by atoms with Gasteiger partial charge in [0.2, 0.25) is 5.91 Å². The zero-order valence-corrected chi connectivity index (χ0v) is 26.9. The van der Waals surface area contributed by atoms with Crippen LogP contribution in [0, 0.1) is 11.7 Å². The van der Waals surface area contributed by atoms with Crippen molar-refractivity contribution in [1.82, 2.24) is 30.2 Å². The molecule has 4 aromatic rings. The third kappa shape index (κ3) is 8.06. The Morgan fingerprint density at radius 2 is 1.85 bits per heavy atom. The van der Waals surface area contributed by atoms with Gasteiger partial charge in [0.1, 0.15) is 29.4 Å². The van der Waals surface area contributed by atoms with Crippen LogP contribution in [0.25, 0.3) is 20.8 Å². The van der Waals surface area contributed by atoms with Crippen molar-refractivity contribution in [3.63, 3.8) is 0 Å². The number of thiophene rings is 1. The number of rotatable bonds is 10. The maximum atomic E-state index is 15.0. The topological polar surface area (TPSA) is 129 Å². The summed E-state index contributed by atoms with van der Waals surface area (Å²) in [5, 5.41) is 11.3. The molecule has 6 rings (SSSR count). The number of aromatic nitrogens is 4. The molecule has 4 heterocycles. The van der Waals surface area contributed by atoms with E-state index in [4.69, 9.17) is 9.47 Å². The highest BCUT2D eigenvalue weighted by atomic mass is 32.1. The van der Waals surface area contributed by atoms with E-state index < -0.39 is 17.5 Å². The lowest BCUT2D eigenvalue weighted by atomic mass is 10.0. The number of benzene rings is 1. The minimum Gasteiger partial charge on any atom is -0.453 e.